The molecule has 5 nitrogen and oxygen atoms in total. The van der Waals surface area contributed by atoms with E-state index in [4.69, 9.17) is 9.15 Å². The van der Waals surface area contributed by atoms with E-state index >= 15 is 0 Å². The van der Waals surface area contributed by atoms with Crippen molar-refractivity contribution in [1.82, 2.24) is 4.98 Å². The number of hydrogen-bond acceptors (Lipinski definition) is 6. The number of nitrogens with zero attached hydrogens (tertiary/aromatic N) is 1. The van der Waals surface area contributed by atoms with Gasteiger partial charge in [0.05, 0.1) is 11.1 Å². The largest absolute Gasteiger partial charge is 0.453 e. The third kappa shape index (κ3) is 3.63. The molecule has 2 aromatic heterocycles. The third-order valence-corrected chi connectivity index (χ3v) is 4.77. The lowest BCUT2D eigenvalue weighted by atomic mass is 10.2. The van der Waals surface area contributed by atoms with Crippen LogP contribution in [-0.4, -0.2) is 11.0 Å². The fourth-order valence-corrected chi connectivity index (χ4v) is 3.32. The molecular formula is C20H12FNO4S. The molecule has 2 heterocycles. The zero-order valence-electron chi connectivity index (χ0n) is 13.8. The van der Waals surface area contributed by atoms with Crippen LogP contribution in [0.25, 0.3) is 21.5 Å². The maximum Gasteiger partial charge on any atom is 0.374 e. The zero-order chi connectivity index (χ0) is 18.8. The fraction of sp³-hybridized carbons (Fsp3) is 0.0500. The Morgan fingerprint density at radius 2 is 1.93 bits per heavy atom. The number of para-hydroxylation sites is 1. The summed E-state index contributed by atoms with van der Waals surface area (Å²) in [5.74, 6) is -1.22. The van der Waals surface area contributed by atoms with Crippen LogP contribution in [0, 0.1) is 5.82 Å². The maximum atomic E-state index is 13.0. The lowest BCUT2D eigenvalue weighted by Gasteiger charge is -2.03. The predicted molar refractivity (Wildman–Crippen MR) is 99.1 cm³/mol. The first kappa shape index (κ1) is 17.1. The van der Waals surface area contributed by atoms with Gasteiger partial charge < -0.3 is 9.15 Å². The minimum Gasteiger partial charge on any atom is -0.453 e. The number of thiazole rings is 1. The van der Waals surface area contributed by atoms with Crippen LogP contribution in [0.1, 0.15) is 16.2 Å². The van der Waals surface area contributed by atoms with E-state index in [-0.39, 0.29) is 23.6 Å². The van der Waals surface area contributed by atoms with E-state index in [0.717, 1.165) is 11.6 Å². The molecule has 134 valence electrons. The van der Waals surface area contributed by atoms with E-state index in [1.165, 1.54) is 23.5 Å². The number of halogens is 1. The van der Waals surface area contributed by atoms with Crippen LogP contribution >= 0.6 is 11.3 Å². The Morgan fingerprint density at radius 1 is 1.15 bits per heavy atom. The molecule has 0 atom stereocenters. The van der Waals surface area contributed by atoms with Gasteiger partial charge in [0.1, 0.15) is 23.0 Å². The molecule has 2 aromatic carbocycles. The van der Waals surface area contributed by atoms with E-state index < -0.39 is 5.97 Å². The van der Waals surface area contributed by atoms with Gasteiger partial charge in [0.15, 0.2) is 5.43 Å². The van der Waals surface area contributed by atoms with Gasteiger partial charge in [0, 0.05) is 17.0 Å². The third-order valence-electron chi connectivity index (χ3n) is 3.83. The number of ether oxygens (including phenoxy) is 1. The molecule has 4 aromatic rings. The van der Waals surface area contributed by atoms with Gasteiger partial charge in [-0.3, -0.25) is 4.79 Å². The standard InChI is InChI=1S/C20H12FNO4S/c21-13-7-5-12(6-8-13)19-22-14(11-27-19)10-25-20(24)18-9-16(23)15-3-1-2-4-17(15)26-18/h1-9,11H,10H2. The molecule has 0 bridgehead atoms. The Morgan fingerprint density at radius 3 is 2.74 bits per heavy atom. The number of carbonyl (C=O) groups is 1. The molecule has 0 aliphatic carbocycles. The number of aromatic nitrogens is 1. The van der Waals surface area contributed by atoms with Crippen LogP contribution in [0.15, 0.2) is 69.2 Å². The van der Waals surface area contributed by atoms with Crippen LogP contribution < -0.4 is 5.43 Å². The SMILES string of the molecule is O=C(OCc1csc(-c2ccc(F)cc2)n1)c1cc(=O)c2ccccc2o1. The van der Waals surface area contributed by atoms with Crippen molar-refractivity contribution in [1.29, 1.82) is 0 Å². The Hall–Kier alpha value is -3.32. The van der Waals surface area contributed by atoms with Gasteiger partial charge in [0.25, 0.3) is 0 Å². The summed E-state index contributed by atoms with van der Waals surface area (Å²) in [6, 6.07) is 13.8. The van der Waals surface area contributed by atoms with Crippen molar-refractivity contribution in [2.24, 2.45) is 0 Å². The number of hydrogen-bond donors (Lipinski definition) is 0. The zero-order valence-corrected chi connectivity index (χ0v) is 14.7. The molecule has 0 amide bonds. The van der Waals surface area contributed by atoms with Crippen molar-refractivity contribution >= 4 is 28.3 Å². The first-order valence-electron chi connectivity index (χ1n) is 8.00. The fourth-order valence-electron chi connectivity index (χ4n) is 2.51. The number of benzene rings is 2. The molecule has 0 aliphatic heterocycles. The summed E-state index contributed by atoms with van der Waals surface area (Å²) in [4.78, 5) is 28.6. The summed E-state index contributed by atoms with van der Waals surface area (Å²) >= 11 is 1.36. The van der Waals surface area contributed by atoms with Gasteiger partial charge in [-0.15, -0.1) is 11.3 Å². The number of esters is 1. The molecule has 7 heteroatoms. The minimum absolute atomic E-state index is 0.0624. The van der Waals surface area contributed by atoms with Crippen molar-refractivity contribution in [3.8, 4) is 10.6 Å². The van der Waals surface area contributed by atoms with Crippen molar-refractivity contribution in [2.45, 2.75) is 6.61 Å². The molecule has 0 N–H and O–H groups in total. The molecule has 0 aliphatic rings. The lowest BCUT2D eigenvalue weighted by molar-refractivity contribution is 0.0432. The van der Waals surface area contributed by atoms with Crippen LogP contribution in [0.5, 0.6) is 0 Å². The van der Waals surface area contributed by atoms with Gasteiger partial charge in [-0.25, -0.2) is 14.2 Å². The van der Waals surface area contributed by atoms with E-state index in [2.05, 4.69) is 4.98 Å². The van der Waals surface area contributed by atoms with Gasteiger partial charge in [-0.05, 0) is 36.4 Å². The monoisotopic (exact) mass is 381 g/mol. The van der Waals surface area contributed by atoms with Gasteiger partial charge in [-0.1, -0.05) is 12.1 Å². The molecular weight excluding hydrogens is 369 g/mol. The average Bonchev–Trinajstić information content (AvgIpc) is 3.15. The topological polar surface area (TPSA) is 69.4 Å². The van der Waals surface area contributed by atoms with E-state index in [1.807, 2.05) is 0 Å². The van der Waals surface area contributed by atoms with Crippen molar-refractivity contribution in [3.63, 3.8) is 0 Å². The van der Waals surface area contributed by atoms with E-state index in [9.17, 15) is 14.0 Å². The molecule has 0 unspecified atom stereocenters. The Kier molecular flexibility index (Phi) is 4.52. The van der Waals surface area contributed by atoms with Crippen LogP contribution in [0.2, 0.25) is 0 Å². The maximum absolute atomic E-state index is 13.0. The Balaban J connectivity index is 1.48. The van der Waals surface area contributed by atoms with Gasteiger partial charge in [-0.2, -0.15) is 0 Å². The minimum atomic E-state index is -0.741. The second-order valence-electron chi connectivity index (χ2n) is 5.70. The van der Waals surface area contributed by atoms with Crippen LogP contribution in [0.3, 0.4) is 0 Å². The first-order valence-corrected chi connectivity index (χ1v) is 8.88. The highest BCUT2D eigenvalue weighted by molar-refractivity contribution is 7.13. The number of rotatable bonds is 4. The van der Waals surface area contributed by atoms with Crippen LogP contribution in [0.4, 0.5) is 4.39 Å². The van der Waals surface area contributed by atoms with E-state index in [1.54, 1.807) is 41.8 Å². The molecule has 0 spiro atoms. The lowest BCUT2D eigenvalue weighted by Crippen LogP contribution is -2.10. The highest BCUT2D eigenvalue weighted by Crippen LogP contribution is 2.24. The quantitative estimate of drug-likeness (QED) is 0.490. The second-order valence-corrected chi connectivity index (χ2v) is 6.56. The molecule has 0 saturated carbocycles. The highest BCUT2D eigenvalue weighted by Gasteiger charge is 2.15. The summed E-state index contributed by atoms with van der Waals surface area (Å²) in [6.07, 6.45) is 0. The molecule has 27 heavy (non-hydrogen) atoms. The van der Waals surface area contributed by atoms with Crippen LogP contribution in [-0.2, 0) is 11.3 Å². The van der Waals surface area contributed by atoms with Gasteiger partial charge >= 0.3 is 5.97 Å². The Labute approximate surface area is 156 Å². The molecule has 0 fully saturated rings. The molecule has 4 rings (SSSR count). The Bertz CT molecular complexity index is 1180. The van der Waals surface area contributed by atoms with Crippen molar-refractivity contribution in [3.05, 3.63) is 87.5 Å². The summed E-state index contributed by atoms with van der Waals surface area (Å²) in [5, 5.41) is 2.85. The molecule has 0 saturated heterocycles. The molecule has 0 radical (unpaired) electrons. The van der Waals surface area contributed by atoms with Gasteiger partial charge in [0.2, 0.25) is 5.76 Å². The predicted octanol–water partition coefficient (Wildman–Crippen LogP) is 4.41. The first-order chi connectivity index (χ1) is 13.1. The summed E-state index contributed by atoms with van der Waals surface area (Å²) in [6.45, 7) is -0.0624. The summed E-state index contributed by atoms with van der Waals surface area (Å²) in [7, 11) is 0. The smallest absolute Gasteiger partial charge is 0.374 e. The van der Waals surface area contributed by atoms with E-state index in [0.29, 0.717) is 21.7 Å². The van der Waals surface area contributed by atoms with Crippen molar-refractivity contribution in [2.75, 3.05) is 0 Å². The highest BCUT2D eigenvalue weighted by atomic mass is 32.1. The second kappa shape index (κ2) is 7.13. The number of carbonyl (C=O) groups excluding carboxylic acids is 1. The average molecular weight is 381 g/mol. The van der Waals surface area contributed by atoms with Crippen molar-refractivity contribution < 1.29 is 18.3 Å². The number of fused-ring (bicyclic) bond motifs is 1. The summed E-state index contributed by atoms with van der Waals surface area (Å²) < 4.78 is 23.6. The normalized spacial score (nSPS) is 10.9. The summed E-state index contributed by atoms with van der Waals surface area (Å²) in [5.41, 5.74) is 1.34.